The molecule has 0 radical (unpaired) electrons. The van der Waals surface area contributed by atoms with Crippen LogP contribution in [0.3, 0.4) is 0 Å². The van der Waals surface area contributed by atoms with Gasteiger partial charge in [-0.3, -0.25) is 9.59 Å². The first kappa shape index (κ1) is 19.4. The van der Waals surface area contributed by atoms with Crippen molar-refractivity contribution in [2.24, 2.45) is 0 Å². The van der Waals surface area contributed by atoms with Gasteiger partial charge in [0.15, 0.2) is 0 Å². The van der Waals surface area contributed by atoms with E-state index >= 15 is 0 Å². The minimum Gasteiger partial charge on any atom is -0.495 e. The highest BCUT2D eigenvalue weighted by Gasteiger charge is 2.35. The highest BCUT2D eigenvalue weighted by atomic mass is 35.5. The van der Waals surface area contributed by atoms with Gasteiger partial charge in [-0.15, -0.1) is 0 Å². The van der Waals surface area contributed by atoms with Crippen molar-refractivity contribution in [1.29, 1.82) is 0 Å². The Kier molecular flexibility index (Phi) is 5.60. The van der Waals surface area contributed by atoms with Crippen LogP contribution in [0.1, 0.15) is 5.56 Å². The number of nitrogens with zero attached hydrogens (tertiary/aromatic N) is 1. The van der Waals surface area contributed by atoms with Crippen molar-refractivity contribution in [2.75, 3.05) is 19.0 Å². The maximum atomic E-state index is 13.6. The third-order valence-corrected chi connectivity index (χ3v) is 4.19. The van der Waals surface area contributed by atoms with E-state index in [2.05, 4.69) is 10.6 Å². The molecular formula is C19H15ClFN3O4. The zero-order valence-corrected chi connectivity index (χ0v) is 15.4. The minimum atomic E-state index is -0.750. The smallest absolute Gasteiger partial charge is 0.329 e. The number of imide groups is 1. The number of rotatable bonds is 5. The highest BCUT2D eigenvalue weighted by Crippen LogP contribution is 2.26. The van der Waals surface area contributed by atoms with E-state index in [1.165, 1.54) is 31.4 Å². The molecular weight excluding hydrogens is 389 g/mol. The summed E-state index contributed by atoms with van der Waals surface area (Å²) >= 11 is 6.05. The fraction of sp³-hybridized carbons (Fsp3) is 0.105. The van der Waals surface area contributed by atoms with Gasteiger partial charge in [-0.1, -0.05) is 29.8 Å². The number of nitrogens with one attached hydrogen (secondary N) is 2. The van der Waals surface area contributed by atoms with E-state index in [0.29, 0.717) is 16.3 Å². The average molecular weight is 404 g/mol. The lowest BCUT2D eigenvalue weighted by Crippen LogP contribution is -2.38. The Balaban J connectivity index is 1.72. The number of carbonyl (C=O) groups excluding carboxylic acids is 3. The van der Waals surface area contributed by atoms with E-state index in [9.17, 15) is 18.8 Å². The van der Waals surface area contributed by atoms with E-state index < -0.39 is 30.2 Å². The first-order valence-corrected chi connectivity index (χ1v) is 8.49. The fourth-order valence-corrected chi connectivity index (χ4v) is 2.82. The van der Waals surface area contributed by atoms with Gasteiger partial charge in [0, 0.05) is 0 Å². The Morgan fingerprint density at radius 2 is 2.04 bits per heavy atom. The van der Waals surface area contributed by atoms with Crippen LogP contribution in [-0.2, 0) is 9.59 Å². The molecule has 0 spiro atoms. The second-order valence-corrected chi connectivity index (χ2v) is 6.21. The predicted octanol–water partition coefficient (Wildman–Crippen LogP) is 3.02. The van der Waals surface area contributed by atoms with Gasteiger partial charge in [0.1, 0.15) is 23.8 Å². The van der Waals surface area contributed by atoms with Crippen LogP contribution in [-0.4, -0.2) is 36.4 Å². The van der Waals surface area contributed by atoms with Crippen molar-refractivity contribution in [3.05, 3.63) is 64.6 Å². The average Bonchev–Trinajstić information content (AvgIpc) is 2.91. The van der Waals surface area contributed by atoms with Crippen LogP contribution in [0.15, 0.2) is 48.2 Å². The molecule has 0 saturated carbocycles. The second kappa shape index (κ2) is 8.10. The molecule has 1 aliphatic heterocycles. The number of anilines is 1. The molecule has 0 aliphatic carbocycles. The molecule has 2 aromatic carbocycles. The summed E-state index contributed by atoms with van der Waals surface area (Å²) < 4.78 is 18.7. The molecule has 144 valence electrons. The van der Waals surface area contributed by atoms with Crippen molar-refractivity contribution in [3.63, 3.8) is 0 Å². The number of para-hydroxylation sites is 1. The number of benzene rings is 2. The quantitative estimate of drug-likeness (QED) is 0.593. The monoisotopic (exact) mass is 403 g/mol. The molecule has 0 atom stereocenters. The van der Waals surface area contributed by atoms with Crippen molar-refractivity contribution in [2.45, 2.75) is 0 Å². The van der Waals surface area contributed by atoms with E-state index in [1.54, 1.807) is 24.3 Å². The number of hydrogen-bond acceptors (Lipinski definition) is 4. The summed E-state index contributed by atoms with van der Waals surface area (Å²) in [5.74, 6) is -1.54. The summed E-state index contributed by atoms with van der Waals surface area (Å²) in [4.78, 5) is 37.3. The van der Waals surface area contributed by atoms with Crippen LogP contribution < -0.4 is 15.4 Å². The molecule has 4 amide bonds. The summed E-state index contributed by atoms with van der Waals surface area (Å²) in [6, 6.07) is 9.68. The van der Waals surface area contributed by atoms with Gasteiger partial charge in [0.05, 0.1) is 17.8 Å². The van der Waals surface area contributed by atoms with E-state index in [4.69, 9.17) is 16.3 Å². The minimum absolute atomic E-state index is 0.00933. The number of hydrogen-bond donors (Lipinski definition) is 2. The normalized spacial score (nSPS) is 15.0. The standard InChI is InChI=1S/C19H15ClFN3O4/c1-28-16-7-6-11(8-12(16)20)9-15-18(26)24(19(27)23-15)10-17(25)22-14-5-3-2-4-13(14)21/h2-9H,10H2,1H3,(H,22,25)(H,23,27)/b15-9+. The molecule has 2 N–H and O–H groups in total. The van der Waals surface area contributed by atoms with Gasteiger partial charge >= 0.3 is 6.03 Å². The Bertz CT molecular complexity index is 993. The number of halogens is 2. The fourth-order valence-electron chi connectivity index (χ4n) is 2.55. The molecule has 1 aliphatic rings. The van der Waals surface area contributed by atoms with Crippen LogP contribution in [0.4, 0.5) is 14.9 Å². The molecule has 1 heterocycles. The maximum absolute atomic E-state index is 13.6. The van der Waals surface area contributed by atoms with Gasteiger partial charge in [-0.2, -0.15) is 0 Å². The molecule has 1 saturated heterocycles. The van der Waals surface area contributed by atoms with Gasteiger partial charge < -0.3 is 15.4 Å². The number of ether oxygens (including phenoxy) is 1. The number of methoxy groups -OCH3 is 1. The first-order chi connectivity index (χ1) is 13.4. The SMILES string of the molecule is COc1ccc(/C=C2/NC(=O)N(CC(=O)Nc3ccccc3F)C2=O)cc1Cl. The Hall–Kier alpha value is -3.39. The lowest BCUT2D eigenvalue weighted by atomic mass is 10.2. The largest absolute Gasteiger partial charge is 0.495 e. The van der Waals surface area contributed by atoms with Crippen molar-refractivity contribution in [1.82, 2.24) is 10.2 Å². The molecule has 28 heavy (non-hydrogen) atoms. The maximum Gasteiger partial charge on any atom is 0.329 e. The van der Waals surface area contributed by atoms with Gasteiger partial charge in [-0.25, -0.2) is 14.1 Å². The molecule has 3 rings (SSSR count). The third-order valence-electron chi connectivity index (χ3n) is 3.90. The zero-order valence-electron chi connectivity index (χ0n) is 14.7. The van der Waals surface area contributed by atoms with Crippen LogP contribution in [0.25, 0.3) is 6.08 Å². The number of amides is 4. The predicted molar refractivity (Wildman–Crippen MR) is 101 cm³/mol. The lowest BCUT2D eigenvalue weighted by molar-refractivity contribution is -0.127. The molecule has 0 aromatic heterocycles. The van der Waals surface area contributed by atoms with E-state index in [0.717, 1.165) is 4.90 Å². The Morgan fingerprint density at radius 3 is 2.71 bits per heavy atom. The number of carbonyl (C=O) groups is 3. The highest BCUT2D eigenvalue weighted by molar-refractivity contribution is 6.32. The molecule has 1 fully saturated rings. The topological polar surface area (TPSA) is 87.7 Å². The lowest BCUT2D eigenvalue weighted by Gasteiger charge is -2.12. The summed E-state index contributed by atoms with van der Waals surface area (Å²) in [5.41, 5.74) is 0.514. The summed E-state index contributed by atoms with van der Waals surface area (Å²) in [6.07, 6.45) is 1.43. The van der Waals surface area contributed by atoms with Crippen LogP contribution in [0, 0.1) is 5.82 Å². The number of urea groups is 1. The van der Waals surface area contributed by atoms with E-state index in [-0.39, 0.29) is 11.4 Å². The van der Waals surface area contributed by atoms with Crippen LogP contribution in [0.5, 0.6) is 5.75 Å². The summed E-state index contributed by atoms with van der Waals surface area (Å²) in [6.45, 7) is -0.556. The van der Waals surface area contributed by atoms with Crippen LogP contribution >= 0.6 is 11.6 Å². The first-order valence-electron chi connectivity index (χ1n) is 8.11. The molecule has 7 nitrogen and oxygen atoms in total. The zero-order chi connectivity index (χ0) is 20.3. The van der Waals surface area contributed by atoms with Crippen molar-refractivity contribution < 1.29 is 23.5 Å². The van der Waals surface area contributed by atoms with Crippen molar-refractivity contribution >= 4 is 41.2 Å². The molecule has 2 aromatic rings. The van der Waals surface area contributed by atoms with Gasteiger partial charge in [-0.05, 0) is 35.9 Å². The Labute approximate surface area is 164 Å². The van der Waals surface area contributed by atoms with Gasteiger partial charge in [0.25, 0.3) is 5.91 Å². The molecule has 0 bridgehead atoms. The Morgan fingerprint density at radius 1 is 1.29 bits per heavy atom. The van der Waals surface area contributed by atoms with E-state index in [1.807, 2.05) is 0 Å². The summed E-state index contributed by atoms with van der Waals surface area (Å²) in [5, 5.41) is 5.07. The van der Waals surface area contributed by atoms with Crippen LogP contribution in [0.2, 0.25) is 5.02 Å². The second-order valence-electron chi connectivity index (χ2n) is 5.80. The van der Waals surface area contributed by atoms with Crippen molar-refractivity contribution in [3.8, 4) is 5.75 Å². The third kappa shape index (κ3) is 4.12. The summed E-state index contributed by atoms with van der Waals surface area (Å²) in [7, 11) is 1.48. The molecule has 9 heteroatoms. The van der Waals surface area contributed by atoms with Gasteiger partial charge in [0.2, 0.25) is 5.91 Å². The molecule has 0 unspecified atom stereocenters.